The predicted octanol–water partition coefficient (Wildman–Crippen LogP) is 2.01. The molecule has 0 heterocycles. The Kier molecular flexibility index (Phi) is 3.84. The van der Waals surface area contributed by atoms with Crippen LogP contribution in [0.5, 0.6) is 0 Å². The quantitative estimate of drug-likeness (QED) is 0.265. The van der Waals surface area contributed by atoms with E-state index in [0.29, 0.717) is 0 Å². The fourth-order valence-electron chi connectivity index (χ4n) is 0.491. The summed E-state index contributed by atoms with van der Waals surface area (Å²) >= 11 is 0. The number of hydrogen-bond acceptors (Lipinski definition) is 1. The predicted molar refractivity (Wildman–Crippen MR) is 50.9 cm³/mol. The Morgan fingerprint density at radius 2 is 1.91 bits per heavy atom. The summed E-state index contributed by atoms with van der Waals surface area (Å²) < 4.78 is 0. The zero-order valence-corrected chi connectivity index (χ0v) is 8.56. The monoisotopic (exact) mass is 166 g/mol. The van der Waals surface area contributed by atoms with Gasteiger partial charge in [-0.1, -0.05) is 31.3 Å². The normalized spacial score (nSPS) is 10.9. The third-order valence-corrected chi connectivity index (χ3v) is 2.15. The number of carbonyl (C=O) groups is 1. The Morgan fingerprint density at radius 1 is 1.36 bits per heavy atom. The summed E-state index contributed by atoms with van der Waals surface area (Å²) in [7, 11) is -1.22. The van der Waals surface area contributed by atoms with Crippen LogP contribution in [0.4, 0.5) is 0 Å². The smallest absolute Gasteiger partial charge is 0.227 e. The van der Waals surface area contributed by atoms with Gasteiger partial charge in [0.15, 0.2) is 0 Å². The van der Waals surface area contributed by atoms with Crippen molar-refractivity contribution >= 4 is 13.9 Å². The molecule has 0 N–H and O–H groups in total. The molecule has 0 aromatic rings. The van der Waals surface area contributed by atoms with Gasteiger partial charge in [-0.3, -0.25) is 4.79 Å². The molecule has 0 bridgehead atoms. The molecule has 0 aliphatic carbocycles. The van der Waals surface area contributed by atoms with Crippen LogP contribution in [-0.2, 0) is 4.79 Å². The average molecular weight is 166 g/mol. The van der Waals surface area contributed by atoms with Gasteiger partial charge in [0.2, 0.25) is 5.78 Å². The van der Waals surface area contributed by atoms with E-state index < -0.39 is 8.07 Å². The van der Waals surface area contributed by atoms with Crippen molar-refractivity contribution in [2.75, 3.05) is 0 Å². The van der Waals surface area contributed by atoms with Crippen molar-refractivity contribution in [3.63, 3.8) is 0 Å². The van der Waals surface area contributed by atoms with Crippen LogP contribution in [0.2, 0.25) is 19.6 Å². The van der Waals surface area contributed by atoms with Crippen molar-refractivity contribution in [1.29, 1.82) is 0 Å². The lowest BCUT2D eigenvalue weighted by molar-refractivity contribution is -0.109. The van der Waals surface area contributed by atoms with E-state index >= 15 is 0 Å². The summed E-state index contributed by atoms with van der Waals surface area (Å²) in [6, 6.07) is 0. The molecule has 1 nitrogen and oxygen atoms in total. The molecular formula is C9H14OSi. The molecule has 60 valence electrons. The topological polar surface area (TPSA) is 17.1 Å². The number of ketones is 1. The van der Waals surface area contributed by atoms with E-state index in [0.717, 1.165) is 0 Å². The highest BCUT2D eigenvalue weighted by Gasteiger charge is 2.06. The molecule has 0 amide bonds. The van der Waals surface area contributed by atoms with E-state index in [4.69, 9.17) is 0 Å². The molecule has 0 spiro atoms. The molecule has 0 radical (unpaired) electrons. The molecule has 0 fully saturated rings. The van der Waals surface area contributed by atoms with Crippen molar-refractivity contribution in [2.45, 2.75) is 26.6 Å². The van der Waals surface area contributed by atoms with Gasteiger partial charge in [0.1, 0.15) is 0 Å². The van der Waals surface area contributed by atoms with Gasteiger partial charge in [0.25, 0.3) is 0 Å². The summed E-state index contributed by atoms with van der Waals surface area (Å²) in [5, 5.41) is 0. The second-order valence-electron chi connectivity index (χ2n) is 3.44. The van der Waals surface area contributed by atoms with Crippen molar-refractivity contribution in [1.82, 2.24) is 0 Å². The first-order chi connectivity index (χ1) is 4.95. The lowest BCUT2D eigenvalue weighted by Crippen LogP contribution is -2.16. The fraction of sp³-hybridized carbons (Fsp3) is 0.444. The molecule has 0 saturated heterocycles. The third kappa shape index (κ3) is 7.08. The van der Waals surface area contributed by atoms with Crippen LogP contribution in [0.1, 0.15) is 6.92 Å². The Morgan fingerprint density at radius 3 is 2.27 bits per heavy atom. The molecular weight excluding hydrogens is 152 g/mol. The van der Waals surface area contributed by atoms with E-state index in [9.17, 15) is 4.79 Å². The Labute approximate surface area is 69.5 Å². The second kappa shape index (κ2) is 4.15. The number of hydrogen-bond donors (Lipinski definition) is 0. The minimum atomic E-state index is -1.22. The zero-order valence-electron chi connectivity index (χ0n) is 7.56. The molecule has 11 heavy (non-hydrogen) atoms. The molecule has 0 aliphatic rings. The van der Waals surface area contributed by atoms with Crippen LogP contribution < -0.4 is 0 Å². The van der Waals surface area contributed by atoms with Gasteiger partial charge < -0.3 is 0 Å². The van der Waals surface area contributed by atoms with Crippen LogP contribution in [0.25, 0.3) is 0 Å². The summed E-state index contributed by atoms with van der Waals surface area (Å²) in [6.07, 6.45) is 1.59. The summed E-state index contributed by atoms with van der Waals surface area (Å²) in [5.41, 5.74) is 2.00. The second-order valence-corrected chi connectivity index (χ2v) is 8.50. The highest BCUT2D eigenvalue weighted by Crippen LogP contribution is 2.01. The van der Waals surface area contributed by atoms with Gasteiger partial charge in [-0.2, -0.15) is 0 Å². The zero-order chi connectivity index (χ0) is 8.91. The number of carbonyl (C=O) groups excluding carboxylic acids is 1. The molecule has 0 saturated carbocycles. The van der Waals surface area contributed by atoms with E-state index in [-0.39, 0.29) is 5.78 Å². The van der Waals surface area contributed by atoms with Crippen molar-refractivity contribution in [2.24, 2.45) is 0 Å². The van der Waals surface area contributed by atoms with Gasteiger partial charge in [0.05, 0.1) is 8.07 Å². The Hall–Kier alpha value is -0.813. The van der Waals surface area contributed by atoms with Gasteiger partial charge in [-0.25, -0.2) is 0 Å². The Balaban J connectivity index is 4.12. The molecule has 0 aromatic heterocycles. The molecule has 0 atom stereocenters. The molecule has 2 heteroatoms. The first kappa shape index (κ1) is 10.2. The molecule has 0 aliphatic heterocycles. The van der Waals surface area contributed by atoms with Crippen molar-refractivity contribution in [3.8, 4) is 11.8 Å². The lowest BCUT2D eigenvalue weighted by Gasteiger charge is -2.06. The van der Waals surface area contributed by atoms with Gasteiger partial charge in [-0.05, 0) is 18.9 Å². The summed E-state index contributed by atoms with van der Waals surface area (Å²) in [6.45, 7) is 8.20. The molecule has 0 unspecified atom stereocenters. The minimum Gasteiger partial charge on any atom is -0.280 e. The first-order valence-electron chi connectivity index (χ1n) is 3.61. The maximum atomic E-state index is 10.9. The van der Waals surface area contributed by atoms with Crippen LogP contribution in [0, 0.1) is 11.8 Å². The highest BCUT2D eigenvalue weighted by atomic mass is 28.3. The average Bonchev–Trinajstić information content (AvgIpc) is 1.83. The molecule has 0 aromatic carbocycles. The lowest BCUT2D eigenvalue weighted by atomic mass is 10.4. The largest absolute Gasteiger partial charge is 0.280 e. The van der Waals surface area contributed by atoms with Crippen LogP contribution in [0.3, 0.4) is 0 Å². The number of allylic oxidation sites excluding steroid dienone is 1. The van der Waals surface area contributed by atoms with E-state index in [1.165, 1.54) is 0 Å². The maximum Gasteiger partial charge on any atom is 0.227 e. The standard InChI is InChI=1S/C9H14OSi/c1-5-6-9(10)7-8-11(2,3)4/h7-8H,1-4H3/b8-7+. The Bertz CT molecular complexity index is 222. The fourth-order valence-corrected chi connectivity index (χ4v) is 1.14. The third-order valence-electron chi connectivity index (χ3n) is 0.983. The van der Waals surface area contributed by atoms with Crippen LogP contribution in [0.15, 0.2) is 11.8 Å². The maximum absolute atomic E-state index is 10.9. The highest BCUT2D eigenvalue weighted by molar-refractivity contribution is 6.81. The van der Waals surface area contributed by atoms with E-state index in [1.54, 1.807) is 13.0 Å². The van der Waals surface area contributed by atoms with Crippen LogP contribution in [-0.4, -0.2) is 13.9 Å². The van der Waals surface area contributed by atoms with Crippen LogP contribution >= 0.6 is 0 Å². The van der Waals surface area contributed by atoms with Crippen molar-refractivity contribution < 1.29 is 4.79 Å². The summed E-state index contributed by atoms with van der Waals surface area (Å²) in [4.78, 5) is 10.9. The molecule has 0 rings (SSSR count). The number of rotatable bonds is 2. The van der Waals surface area contributed by atoms with Gasteiger partial charge >= 0.3 is 0 Å². The van der Waals surface area contributed by atoms with E-state index in [2.05, 4.69) is 31.5 Å². The summed E-state index contributed by atoms with van der Waals surface area (Å²) in [5.74, 6) is 4.94. The first-order valence-corrected chi connectivity index (χ1v) is 7.19. The SMILES string of the molecule is CC#CC(=O)/C=C/[Si](C)(C)C. The van der Waals surface area contributed by atoms with Gasteiger partial charge in [-0.15, -0.1) is 0 Å². The van der Waals surface area contributed by atoms with Gasteiger partial charge in [0, 0.05) is 0 Å². The van der Waals surface area contributed by atoms with E-state index in [1.807, 2.05) is 5.70 Å². The minimum absolute atomic E-state index is 0.0880. The van der Waals surface area contributed by atoms with Crippen molar-refractivity contribution in [3.05, 3.63) is 11.8 Å².